The molecule has 0 unspecified atom stereocenters. The van der Waals surface area contributed by atoms with Crippen LogP contribution in [0.15, 0.2) is 114 Å². The van der Waals surface area contributed by atoms with Crippen LogP contribution in [0.1, 0.15) is 83.1 Å². The van der Waals surface area contributed by atoms with Gasteiger partial charge in [-0.25, -0.2) is 14.4 Å². The first-order valence-electron chi connectivity index (χ1n) is 19.3. The van der Waals surface area contributed by atoms with Crippen LogP contribution in [0, 0.1) is 5.82 Å². The van der Waals surface area contributed by atoms with E-state index >= 15 is 0 Å². The van der Waals surface area contributed by atoms with Crippen LogP contribution in [0.2, 0.25) is 0 Å². The van der Waals surface area contributed by atoms with Crippen LogP contribution in [0.5, 0.6) is 0 Å². The number of benzene rings is 2. The molecule has 5 rings (SSSR count). The molecule has 1 aliphatic rings. The lowest BCUT2D eigenvalue weighted by Gasteiger charge is -2.38. The second-order valence-electron chi connectivity index (χ2n) is 13.7. The van der Waals surface area contributed by atoms with Crippen LogP contribution >= 0.6 is 0 Å². The largest absolute Gasteiger partial charge is 0.342 e. The number of aromatic nitrogens is 4. The Morgan fingerprint density at radius 3 is 2.25 bits per heavy atom. The van der Waals surface area contributed by atoms with Crippen molar-refractivity contribution >= 4 is 28.7 Å². The number of imidazole rings is 1. The Bertz CT molecular complexity index is 1910. The maximum Gasteiger partial charge on any atom is 0.254 e. The molecule has 0 N–H and O–H groups in total. The van der Waals surface area contributed by atoms with Gasteiger partial charge in [0.25, 0.3) is 5.56 Å². The number of Topliss-reactive ketones (excluding diaryl/α,β-unsaturated/α-hetero) is 1. The highest BCUT2D eigenvalue weighted by Gasteiger charge is 2.28. The van der Waals surface area contributed by atoms with Gasteiger partial charge in [-0.3, -0.25) is 14.2 Å². The molecule has 53 heavy (non-hydrogen) atoms. The average molecular weight is 719 g/mol. The van der Waals surface area contributed by atoms with Crippen molar-refractivity contribution in [2.45, 2.75) is 96.7 Å². The summed E-state index contributed by atoms with van der Waals surface area (Å²) in [7, 11) is 2.00. The first-order chi connectivity index (χ1) is 25.9. The summed E-state index contributed by atoms with van der Waals surface area (Å²) in [5.41, 5.74) is 2.85. The van der Waals surface area contributed by atoms with Crippen LogP contribution in [-0.2, 0) is 17.9 Å². The summed E-state index contributed by atoms with van der Waals surface area (Å²) in [5.74, 6) is 1.44. The topological polar surface area (TPSA) is 76.3 Å². The van der Waals surface area contributed by atoms with Gasteiger partial charge in [0.15, 0.2) is 0 Å². The molecule has 2 aromatic carbocycles. The smallest absolute Gasteiger partial charge is 0.254 e. The number of nitrogens with zero attached hydrogens (tertiary/aromatic N) is 6. The molecular weight excluding hydrogens is 664 g/mol. The van der Waals surface area contributed by atoms with Gasteiger partial charge in [0.1, 0.15) is 11.6 Å². The Morgan fingerprint density at radius 2 is 1.53 bits per heavy atom. The Kier molecular flexibility index (Phi) is 15.4. The fourth-order valence-electron chi connectivity index (χ4n) is 6.81. The molecule has 3 heterocycles. The van der Waals surface area contributed by atoms with Crippen LogP contribution in [0.25, 0.3) is 11.0 Å². The van der Waals surface area contributed by atoms with E-state index in [1.807, 2.05) is 37.4 Å². The van der Waals surface area contributed by atoms with E-state index in [0.717, 1.165) is 93.4 Å². The third-order valence-electron chi connectivity index (χ3n) is 9.82. The molecule has 0 spiro atoms. The summed E-state index contributed by atoms with van der Waals surface area (Å²) >= 11 is 0. The Hall–Kier alpha value is -5.05. The van der Waals surface area contributed by atoms with Crippen molar-refractivity contribution in [1.82, 2.24) is 19.1 Å². The van der Waals surface area contributed by atoms with E-state index in [0.29, 0.717) is 31.9 Å². The number of carbonyl (C=O) groups is 1. The minimum absolute atomic E-state index is 0.138. The molecular formula is C44H55FN6O2. The van der Waals surface area contributed by atoms with Crippen LogP contribution in [0.3, 0.4) is 0 Å². The van der Waals surface area contributed by atoms with E-state index in [-0.39, 0.29) is 23.2 Å². The van der Waals surface area contributed by atoms with E-state index in [1.165, 1.54) is 18.2 Å². The second-order valence-corrected chi connectivity index (χ2v) is 13.7. The van der Waals surface area contributed by atoms with Gasteiger partial charge in [-0.05, 0) is 87.6 Å². The number of para-hydroxylation sites is 2. The minimum Gasteiger partial charge on any atom is -0.342 e. The summed E-state index contributed by atoms with van der Waals surface area (Å²) in [4.78, 5) is 39.9. The highest BCUT2D eigenvalue weighted by Crippen LogP contribution is 2.28. The molecule has 1 saturated heterocycles. The fraction of sp³-hybridized carbons (Fsp3) is 0.409. The lowest BCUT2D eigenvalue weighted by atomic mass is 10.0. The van der Waals surface area contributed by atoms with E-state index < -0.39 is 0 Å². The first-order valence-corrected chi connectivity index (χ1v) is 19.3. The number of rotatable bonds is 20. The van der Waals surface area contributed by atoms with Crippen molar-refractivity contribution < 1.29 is 9.18 Å². The molecule has 0 bridgehead atoms. The predicted molar refractivity (Wildman–Crippen MR) is 216 cm³/mol. The SMILES string of the molecule is CCC=CCC=CCC=CCC=CCCCCC(=O)CCn1c(N(C)C2CCN(c3nc4ccccc4n3Cc3ccc(F)cc3)CC2)nccc1=O. The lowest BCUT2D eigenvalue weighted by Crippen LogP contribution is -2.46. The van der Waals surface area contributed by atoms with Gasteiger partial charge in [0.05, 0.1) is 17.6 Å². The summed E-state index contributed by atoms with van der Waals surface area (Å²) < 4.78 is 17.5. The molecule has 1 aliphatic heterocycles. The molecule has 1 fully saturated rings. The molecule has 2 aromatic heterocycles. The molecule has 0 aliphatic carbocycles. The van der Waals surface area contributed by atoms with Crippen molar-refractivity contribution in [3.8, 4) is 0 Å². The van der Waals surface area contributed by atoms with Crippen molar-refractivity contribution in [1.29, 1.82) is 0 Å². The van der Waals surface area contributed by atoms with E-state index in [4.69, 9.17) is 4.98 Å². The molecule has 0 atom stereocenters. The number of unbranched alkanes of at least 4 members (excludes halogenated alkanes) is 2. The van der Waals surface area contributed by atoms with Gasteiger partial charge in [-0.2, -0.15) is 0 Å². The zero-order valence-electron chi connectivity index (χ0n) is 31.5. The van der Waals surface area contributed by atoms with E-state index in [1.54, 1.807) is 10.8 Å². The average Bonchev–Trinajstić information content (AvgIpc) is 3.54. The third-order valence-corrected chi connectivity index (χ3v) is 9.82. The standard InChI is InChI=1S/C44H55FN6O2/c1-3-4-5-6-7-8-9-10-11-12-13-14-15-16-17-20-39(52)30-34-50-42(53)27-31-46-43(50)48(2)38-28-32-49(33-29-38)44-47-40-21-18-19-22-41(40)51(44)35-36-23-25-37(45)26-24-36/h4-5,7-8,10-11,13-14,18-19,21-27,31,38H,3,6,9,12,15-17,20,28-30,32-35H2,1-2H3. The Balaban J connectivity index is 1.07. The van der Waals surface area contributed by atoms with Gasteiger partial charge in [-0.15, -0.1) is 0 Å². The summed E-state index contributed by atoms with van der Waals surface area (Å²) in [5, 5.41) is 0. The van der Waals surface area contributed by atoms with Crippen LogP contribution in [0.4, 0.5) is 16.3 Å². The molecule has 4 aromatic rings. The Morgan fingerprint density at radius 1 is 0.849 bits per heavy atom. The minimum atomic E-state index is -0.246. The van der Waals surface area contributed by atoms with Crippen LogP contribution in [-0.4, -0.2) is 51.1 Å². The van der Waals surface area contributed by atoms with Gasteiger partial charge >= 0.3 is 0 Å². The number of piperidine rings is 1. The number of hydrogen-bond acceptors (Lipinski definition) is 6. The fourth-order valence-corrected chi connectivity index (χ4v) is 6.81. The van der Waals surface area contributed by atoms with Gasteiger partial charge in [-0.1, -0.05) is 79.8 Å². The molecule has 8 nitrogen and oxygen atoms in total. The second kappa shape index (κ2) is 20.9. The maximum absolute atomic E-state index is 13.6. The number of ketones is 1. The quantitative estimate of drug-likeness (QED) is 0.0670. The van der Waals surface area contributed by atoms with Crippen molar-refractivity contribution in [3.05, 3.63) is 131 Å². The Labute approximate surface area is 314 Å². The summed E-state index contributed by atoms with van der Waals surface area (Å²) in [6.07, 6.45) is 28.5. The molecule has 0 amide bonds. The monoisotopic (exact) mass is 718 g/mol. The normalized spacial score (nSPS) is 14.2. The number of fused-ring (bicyclic) bond motifs is 1. The van der Waals surface area contributed by atoms with Crippen LogP contribution < -0.4 is 15.4 Å². The predicted octanol–water partition coefficient (Wildman–Crippen LogP) is 9.21. The zero-order chi connectivity index (χ0) is 37.3. The molecule has 9 heteroatoms. The number of carbonyl (C=O) groups excluding carboxylic acids is 1. The number of allylic oxidation sites excluding steroid dienone is 8. The zero-order valence-corrected chi connectivity index (χ0v) is 31.5. The van der Waals surface area contributed by atoms with Gasteiger partial charge in [0.2, 0.25) is 11.9 Å². The third kappa shape index (κ3) is 11.7. The molecule has 280 valence electrons. The first kappa shape index (κ1) is 39.2. The summed E-state index contributed by atoms with van der Waals surface area (Å²) in [6, 6.07) is 16.4. The maximum atomic E-state index is 13.6. The van der Waals surface area contributed by atoms with Gasteiger partial charge in [0, 0.05) is 57.8 Å². The number of anilines is 2. The van der Waals surface area contributed by atoms with Crippen molar-refractivity contribution in [2.75, 3.05) is 29.9 Å². The van der Waals surface area contributed by atoms with E-state index in [2.05, 4.69) is 80.9 Å². The van der Waals surface area contributed by atoms with E-state index in [9.17, 15) is 14.0 Å². The molecule has 0 radical (unpaired) electrons. The molecule has 0 saturated carbocycles. The van der Waals surface area contributed by atoms with Gasteiger partial charge < -0.3 is 14.4 Å². The summed E-state index contributed by atoms with van der Waals surface area (Å²) in [6.45, 7) is 4.65. The van der Waals surface area contributed by atoms with Crippen molar-refractivity contribution in [2.24, 2.45) is 0 Å². The van der Waals surface area contributed by atoms with Crippen molar-refractivity contribution in [3.63, 3.8) is 0 Å². The number of halogens is 1. The lowest BCUT2D eigenvalue weighted by molar-refractivity contribution is -0.119. The number of hydrogen-bond donors (Lipinski definition) is 0. The highest BCUT2D eigenvalue weighted by molar-refractivity contribution is 5.79. The highest BCUT2D eigenvalue weighted by atomic mass is 19.1.